The van der Waals surface area contributed by atoms with Crippen molar-refractivity contribution in [3.8, 4) is 6.19 Å². The molecule has 0 aliphatic heterocycles. The quantitative estimate of drug-likeness (QED) is 0.357. The highest BCUT2D eigenvalue weighted by molar-refractivity contribution is 8.13. The summed E-state index contributed by atoms with van der Waals surface area (Å²) in [5.41, 5.74) is 0.106. The molecule has 0 aromatic heterocycles. The molecule has 0 saturated heterocycles. The van der Waals surface area contributed by atoms with Crippen LogP contribution in [-0.2, 0) is 0 Å². The van der Waals surface area contributed by atoms with Crippen LogP contribution in [0.3, 0.4) is 0 Å². The Labute approximate surface area is 96.0 Å². The van der Waals surface area contributed by atoms with E-state index in [0.29, 0.717) is 5.17 Å². The maximum Gasteiger partial charge on any atom is 0.183 e. The van der Waals surface area contributed by atoms with Gasteiger partial charge in [-0.25, -0.2) is 9.38 Å². The minimum Gasteiger partial charge on any atom is -0.271 e. The highest BCUT2D eigenvalue weighted by Crippen LogP contribution is 2.25. The number of benzene rings is 1. The minimum absolute atomic E-state index is 0.00802. The van der Waals surface area contributed by atoms with Crippen LogP contribution in [0.15, 0.2) is 23.2 Å². The van der Waals surface area contributed by atoms with E-state index < -0.39 is 5.82 Å². The van der Waals surface area contributed by atoms with Crippen molar-refractivity contribution in [1.29, 1.82) is 5.26 Å². The van der Waals surface area contributed by atoms with Gasteiger partial charge in [0.15, 0.2) is 17.2 Å². The summed E-state index contributed by atoms with van der Waals surface area (Å²) in [4.78, 5) is 3.91. The molecule has 0 aliphatic rings. The van der Waals surface area contributed by atoms with Crippen LogP contribution in [0.1, 0.15) is 0 Å². The van der Waals surface area contributed by atoms with Gasteiger partial charge in [-0.15, -0.1) is 0 Å². The van der Waals surface area contributed by atoms with Crippen molar-refractivity contribution < 1.29 is 4.39 Å². The van der Waals surface area contributed by atoms with E-state index in [1.54, 1.807) is 18.5 Å². The van der Waals surface area contributed by atoms with Gasteiger partial charge in [-0.2, -0.15) is 5.26 Å². The van der Waals surface area contributed by atoms with E-state index in [9.17, 15) is 4.39 Å². The molecule has 0 spiro atoms. The maximum absolute atomic E-state index is 13.4. The molecule has 6 heteroatoms. The van der Waals surface area contributed by atoms with Crippen LogP contribution >= 0.6 is 23.4 Å². The zero-order valence-corrected chi connectivity index (χ0v) is 9.36. The van der Waals surface area contributed by atoms with Crippen LogP contribution in [0.2, 0.25) is 5.02 Å². The van der Waals surface area contributed by atoms with E-state index >= 15 is 0 Å². The highest BCUT2D eigenvalue weighted by Gasteiger charge is 2.06. The average molecular weight is 244 g/mol. The minimum atomic E-state index is -0.592. The van der Waals surface area contributed by atoms with Gasteiger partial charge in [-0.05, 0) is 18.4 Å². The van der Waals surface area contributed by atoms with Gasteiger partial charge in [0.25, 0.3) is 0 Å². The second-order valence-electron chi connectivity index (χ2n) is 2.43. The molecular weight excluding hydrogens is 237 g/mol. The van der Waals surface area contributed by atoms with Gasteiger partial charge in [0.1, 0.15) is 5.69 Å². The molecule has 15 heavy (non-hydrogen) atoms. The molecule has 0 aliphatic carbocycles. The molecule has 0 amide bonds. The first-order valence-corrected chi connectivity index (χ1v) is 5.51. The Morgan fingerprint density at radius 1 is 1.67 bits per heavy atom. The van der Waals surface area contributed by atoms with Crippen molar-refractivity contribution in [2.75, 3.05) is 6.26 Å². The largest absolute Gasteiger partial charge is 0.271 e. The topological polar surface area (TPSA) is 48.2 Å². The summed E-state index contributed by atoms with van der Waals surface area (Å²) in [7, 11) is 0. The Kier molecular flexibility index (Phi) is 4.40. The molecule has 1 aromatic carbocycles. The first kappa shape index (κ1) is 11.8. The lowest BCUT2D eigenvalue weighted by atomic mass is 10.3. The van der Waals surface area contributed by atoms with Crippen LogP contribution < -0.4 is 5.32 Å². The summed E-state index contributed by atoms with van der Waals surface area (Å²) in [5.74, 6) is -0.592. The Bertz CT molecular complexity index is 428. The number of hydrogen-bond acceptors (Lipinski definition) is 3. The predicted octanol–water partition coefficient (Wildman–Crippen LogP) is 2.90. The smallest absolute Gasteiger partial charge is 0.183 e. The zero-order chi connectivity index (χ0) is 11.3. The van der Waals surface area contributed by atoms with Gasteiger partial charge < -0.3 is 0 Å². The summed E-state index contributed by atoms with van der Waals surface area (Å²) in [6, 6.07) is 4.51. The van der Waals surface area contributed by atoms with Crippen LogP contribution in [0.25, 0.3) is 0 Å². The normalized spacial score (nSPS) is 10.9. The summed E-state index contributed by atoms with van der Waals surface area (Å²) in [6.45, 7) is 0. The van der Waals surface area contributed by atoms with Crippen molar-refractivity contribution >= 4 is 34.2 Å². The Morgan fingerprint density at radius 2 is 2.40 bits per heavy atom. The van der Waals surface area contributed by atoms with Crippen LogP contribution in [0.4, 0.5) is 10.1 Å². The molecule has 3 nitrogen and oxygen atoms in total. The third-order valence-electron chi connectivity index (χ3n) is 1.51. The van der Waals surface area contributed by atoms with Crippen molar-refractivity contribution in [3.05, 3.63) is 29.0 Å². The fourth-order valence-corrected chi connectivity index (χ4v) is 1.37. The van der Waals surface area contributed by atoms with Crippen molar-refractivity contribution in [1.82, 2.24) is 5.32 Å². The van der Waals surface area contributed by atoms with Crippen molar-refractivity contribution in [2.45, 2.75) is 0 Å². The van der Waals surface area contributed by atoms with Gasteiger partial charge in [0.2, 0.25) is 0 Å². The second-order valence-corrected chi connectivity index (χ2v) is 3.63. The van der Waals surface area contributed by atoms with E-state index in [4.69, 9.17) is 16.9 Å². The van der Waals surface area contributed by atoms with Crippen molar-refractivity contribution in [3.63, 3.8) is 0 Å². The lowest BCUT2D eigenvalue weighted by Gasteiger charge is -2.01. The molecule has 1 rings (SSSR count). The maximum atomic E-state index is 13.4. The van der Waals surface area contributed by atoms with E-state index in [2.05, 4.69) is 10.3 Å². The molecule has 0 heterocycles. The third-order valence-corrected chi connectivity index (χ3v) is 2.38. The van der Waals surface area contributed by atoms with E-state index in [0.717, 1.165) is 0 Å². The monoisotopic (exact) mass is 243 g/mol. The number of nitrogens with one attached hydrogen (secondary N) is 1. The molecule has 0 bridgehead atoms. The Hall–Kier alpha value is -1.25. The number of halogens is 2. The number of nitrogens with zero attached hydrogens (tertiary/aromatic N) is 2. The number of amidine groups is 1. The molecule has 1 aromatic rings. The van der Waals surface area contributed by atoms with Gasteiger partial charge in [0.05, 0.1) is 5.02 Å². The second kappa shape index (κ2) is 5.59. The van der Waals surface area contributed by atoms with Gasteiger partial charge >= 0.3 is 0 Å². The van der Waals surface area contributed by atoms with Gasteiger partial charge in [0, 0.05) is 0 Å². The Morgan fingerprint density at radius 3 is 3.00 bits per heavy atom. The molecule has 78 valence electrons. The fourth-order valence-electron chi connectivity index (χ4n) is 0.861. The summed E-state index contributed by atoms with van der Waals surface area (Å²) in [6.07, 6.45) is 3.44. The fraction of sp³-hybridized carbons (Fsp3) is 0.111. The third kappa shape index (κ3) is 3.11. The lowest BCUT2D eigenvalue weighted by Crippen LogP contribution is -2.12. The highest BCUT2D eigenvalue weighted by atomic mass is 35.5. The zero-order valence-electron chi connectivity index (χ0n) is 7.79. The molecule has 0 radical (unpaired) electrons. The SMILES string of the molecule is CSC(=Nc1cccc(Cl)c1F)NC#N. The van der Waals surface area contributed by atoms with E-state index in [1.165, 1.54) is 23.9 Å². The number of thioether (sulfide) groups is 1. The standard InChI is InChI=1S/C9H7ClFN3S/c1-15-9(13-5-12)14-7-4-2-3-6(10)8(7)11/h2-4H,1H3,(H,13,14). The molecule has 0 fully saturated rings. The number of hydrogen-bond donors (Lipinski definition) is 1. The number of nitriles is 1. The molecule has 1 N–H and O–H groups in total. The lowest BCUT2D eigenvalue weighted by molar-refractivity contribution is 0.630. The molecular formula is C9H7ClFN3S. The predicted molar refractivity (Wildman–Crippen MR) is 60.8 cm³/mol. The summed E-state index contributed by atoms with van der Waals surface area (Å²) < 4.78 is 13.4. The van der Waals surface area contributed by atoms with Crippen molar-refractivity contribution in [2.24, 2.45) is 4.99 Å². The van der Waals surface area contributed by atoms with Crippen LogP contribution in [0, 0.1) is 17.3 Å². The first-order valence-electron chi connectivity index (χ1n) is 3.91. The van der Waals surface area contributed by atoms with Gasteiger partial charge in [-0.3, -0.25) is 5.32 Å². The van der Waals surface area contributed by atoms with Crippen LogP contribution in [-0.4, -0.2) is 11.4 Å². The number of rotatable bonds is 1. The summed E-state index contributed by atoms with van der Waals surface area (Å²) >= 11 is 6.79. The molecule has 0 atom stereocenters. The summed E-state index contributed by atoms with van der Waals surface area (Å²) in [5, 5.41) is 11.1. The van der Waals surface area contributed by atoms with Crippen LogP contribution in [0.5, 0.6) is 0 Å². The molecule has 0 unspecified atom stereocenters. The first-order chi connectivity index (χ1) is 7.19. The molecule has 0 saturated carbocycles. The Balaban J connectivity index is 3.07. The average Bonchev–Trinajstić information content (AvgIpc) is 2.24. The number of aliphatic imine (C=N–C) groups is 1. The van der Waals surface area contributed by atoms with Gasteiger partial charge in [-0.1, -0.05) is 29.4 Å². The van der Waals surface area contributed by atoms with E-state index in [1.807, 2.05) is 0 Å². The van der Waals surface area contributed by atoms with E-state index in [-0.39, 0.29) is 10.7 Å².